The molecule has 4 nitrogen and oxygen atoms in total. The van der Waals surface area contributed by atoms with Crippen LogP contribution in [0.1, 0.15) is 13.8 Å². The zero-order valence-corrected chi connectivity index (χ0v) is 9.32. The standard InChI is InChI=1S/C12H13N3O/c1-12(2)6-16-9-5-3-4-8-10(9)11(15-12)14-7-13-8/h3-5,7H,6H2,1-2H3,(H,13,14,15). The van der Waals surface area contributed by atoms with Gasteiger partial charge in [0, 0.05) is 0 Å². The third-order valence-electron chi connectivity index (χ3n) is 2.67. The van der Waals surface area contributed by atoms with E-state index in [2.05, 4.69) is 29.1 Å². The lowest BCUT2D eigenvalue weighted by molar-refractivity contribution is 0.263. The van der Waals surface area contributed by atoms with Crippen molar-refractivity contribution in [1.29, 1.82) is 0 Å². The highest BCUT2D eigenvalue weighted by molar-refractivity contribution is 5.94. The molecule has 0 bridgehead atoms. The minimum absolute atomic E-state index is 0.125. The summed E-state index contributed by atoms with van der Waals surface area (Å²) in [6.45, 7) is 4.79. The molecule has 0 aliphatic carbocycles. The first-order valence-electron chi connectivity index (χ1n) is 5.30. The van der Waals surface area contributed by atoms with Gasteiger partial charge in [-0.25, -0.2) is 9.97 Å². The second-order valence-electron chi connectivity index (χ2n) is 4.67. The number of rotatable bonds is 0. The summed E-state index contributed by atoms with van der Waals surface area (Å²) in [5.74, 6) is 1.70. The van der Waals surface area contributed by atoms with Crippen LogP contribution in [0.2, 0.25) is 0 Å². The van der Waals surface area contributed by atoms with E-state index >= 15 is 0 Å². The van der Waals surface area contributed by atoms with E-state index in [0.29, 0.717) is 6.61 Å². The molecule has 4 heteroatoms. The highest BCUT2D eigenvalue weighted by Gasteiger charge is 2.25. The molecule has 0 atom stereocenters. The Kier molecular flexibility index (Phi) is 1.80. The maximum Gasteiger partial charge on any atom is 0.141 e. The topological polar surface area (TPSA) is 47.0 Å². The molecule has 3 rings (SSSR count). The third kappa shape index (κ3) is 1.38. The molecule has 0 unspecified atom stereocenters. The Morgan fingerprint density at radius 3 is 3.06 bits per heavy atom. The van der Waals surface area contributed by atoms with Crippen molar-refractivity contribution in [2.45, 2.75) is 19.4 Å². The summed E-state index contributed by atoms with van der Waals surface area (Å²) in [5, 5.41) is 4.36. The number of nitrogens with zero attached hydrogens (tertiary/aromatic N) is 2. The summed E-state index contributed by atoms with van der Waals surface area (Å²) >= 11 is 0. The van der Waals surface area contributed by atoms with E-state index in [1.165, 1.54) is 0 Å². The quantitative estimate of drug-likeness (QED) is 0.732. The third-order valence-corrected chi connectivity index (χ3v) is 2.67. The van der Waals surface area contributed by atoms with E-state index in [-0.39, 0.29) is 5.54 Å². The van der Waals surface area contributed by atoms with E-state index in [4.69, 9.17) is 4.74 Å². The first-order chi connectivity index (χ1) is 7.66. The molecule has 0 spiro atoms. The molecule has 0 radical (unpaired) electrons. The van der Waals surface area contributed by atoms with Crippen LogP contribution >= 0.6 is 0 Å². The fraction of sp³-hybridized carbons (Fsp3) is 0.333. The smallest absolute Gasteiger partial charge is 0.141 e. The summed E-state index contributed by atoms with van der Waals surface area (Å²) < 4.78 is 5.79. The van der Waals surface area contributed by atoms with Crippen LogP contribution in [0.4, 0.5) is 5.82 Å². The fourth-order valence-electron chi connectivity index (χ4n) is 1.91. The van der Waals surface area contributed by atoms with Gasteiger partial charge in [0.15, 0.2) is 0 Å². The zero-order valence-electron chi connectivity index (χ0n) is 9.32. The molecule has 1 aromatic heterocycles. The lowest BCUT2D eigenvalue weighted by Gasteiger charge is -2.23. The number of hydrogen-bond acceptors (Lipinski definition) is 4. The van der Waals surface area contributed by atoms with Gasteiger partial charge in [0.25, 0.3) is 0 Å². The van der Waals surface area contributed by atoms with Crippen molar-refractivity contribution in [2.75, 3.05) is 11.9 Å². The van der Waals surface area contributed by atoms with E-state index in [0.717, 1.165) is 22.5 Å². The fourth-order valence-corrected chi connectivity index (χ4v) is 1.91. The molecule has 1 aliphatic rings. The average molecular weight is 215 g/mol. The zero-order chi connectivity index (χ0) is 11.2. The number of hydrogen-bond donors (Lipinski definition) is 1. The molecule has 1 aliphatic heterocycles. The average Bonchev–Trinajstić information content (AvgIpc) is 2.38. The molecule has 82 valence electrons. The van der Waals surface area contributed by atoms with Crippen molar-refractivity contribution < 1.29 is 4.74 Å². The van der Waals surface area contributed by atoms with Gasteiger partial charge in [0.05, 0.1) is 16.4 Å². The first-order valence-corrected chi connectivity index (χ1v) is 5.30. The van der Waals surface area contributed by atoms with Crippen LogP contribution in [-0.2, 0) is 0 Å². The minimum atomic E-state index is -0.125. The van der Waals surface area contributed by atoms with Gasteiger partial charge in [-0.2, -0.15) is 0 Å². The predicted molar refractivity (Wildman–Crippen MR) is 62.7 cm³/mol. The van der Waals surface area contributed by atoms with Gasteiger partial charge in [0.1, 0.15) is 24.5 Å². The number of benzene rings is 1. The van der Waals surface area contributed by atoms with Gasteiger partial charge in [0.2, 0.25) is 0 Å². The van der Waals surface area contributed by atoms with E-state index in [9.17, 15) is 0 Å². The monoisotopic (exact) mass is 215 g/mol. The second kappa shape index (κ2) is 3.07. The lowest BCUT2D eigenvalue weighted by Crippen LogP contribution is -2.36. The molecule has 2 heterocycles. The summed E-state index contributed by atoms with van der Waals surface area (Å²) in [6.07, 6.45) is 1.58. The Labute approximate surface area is 93.7 Å². The number of nitrogens with one attached hydrogen (secondary N) is 1. The van der Waals surface area contributed by atoms with E-state index in [1.54, 1.807) is 6.33 Å². The Bertz CT molecular complexity index is 546. The van der Waals surface area contributed by atoms with Crippen LogP contribution < -0.4 is 10.1 Å². The minimum Gasteiger partial charge on any atom is -0.490 e. The molecule has 0 amide bonds. The van der Waals surface area contributed by atoms with Crippen molar-refractivity contribution in [3.63, 3.8) is 0 Å². The van der Waals surface area contributed by atoms with Gasteiger partial charge in [-0.3, -0.25) is 0 Å². The van der Waals surface area contributed by atoms with Gasteiger partial charge < -0.3 is 10.1 Å². The molecule has 0 fully saturated rings. The molecular formula is C12H13N3O. The van der Waals surface area contributed by atoms with Crippen molar-refractivity contribution in [1.82, 2.24) is 9.97 Å². The maximum absolute atomic E-state index is 5.79. The van der Waals surface area contributed by atoms with Crippen LogP contribution in [0.5, 0.6) is 5.75 Å². The van der Waals surface area contributed by atoms with Gasteiger partial charge in [-0.1, -0.05) is 6.07 Å². The lowest BCUT2D eigenvalue weighted by atomic mass is 10.1. The highest BCUT2D eigenvalue weighted by atomic mass is 16.5. The Morgan fingerprint density at radius 2 is 2.19 bits per heavy atom. The molecule has 1 N–H and O–H groups in total. The van der Waals surface area contributed by atoms with Crippen LogP contribution in [0, 0.1) is 0 Å². The van der Waals surface area contributed by atoms with E-state index < -0.39 is 0 Å². The second-order valence-corrected chi connectivity index (χ2v) is 4.67. The largest absolute Gasteiger partial charge is 0.490 e. The molecular weight excluding hydrogens is 202 g/mol. The predicted octanol–water partition coefficient (Wildman–Crippen LogP) is 2.21. The van der Waals surface area contributed by atoms with Gasteiger partial charge >= 0.3 is 0 Å². The summed E-state index contributed by atoms with van der Waals surface area (Å²) in [4.78, 5) is 8.53. The SMILES string of the molecule is CC1(C)COc2cccc3ncnc(c23)N1. The molecule has 2 aromatic rings. The summed E-state index contributed by atoms with van der Waals surface area (Å²) in [6, 6.07) is 5.87. The normalized spacial score (nSPS) is 17.4. The first kappa shape index (κ1) is 9.39. The number of aromatic nitrogens is 2. The maximum atomic E-state index is 5.79. The van der Waals surface area contributed by atoms with Crippen molar-refractivity contribution in [3.05, 3.63) is 24.5 Å². The van der Waals surface area contributed by atoms with Crippen LogP contribution in [-0.4, -0.2) is 22.1 Å². The van der Waals surface area contributed by atoms with Crippen molar-refractivity contribution in [2.24, 2.45) is 0 Å². The van der Waals surface area contributed by atoms with E-state index in [1.807, 2.05) is 18.2 Å². The van der Waals surface area contributed by atoms with Crippen LogP contribution in [0.3, 0.4) is 0 Å². The Morgan fingerprint density at radius 1 is 1.31 bits per heavy atom. The molecule has 16 heavy (non-hydrogen) atoms. The van der Waals surface area contributed by atoms with Crippen LogP contribution in [0.25, 0.3) is 10.9 Å². The highest BCUT2D eigenvalue weighted by Crippen LogP contribution is 2.33. The number of ether oxygens (including phenoxy) is 1. The van der Waals surface area contributed by atoms with Crippen LogP contribution in [0.15, 0.2) is 24.5 Å². The Hall–Kier alpha value is -1.84. The van der Waals surface area contributed by atoms with Gasteiger partial charge in [-0.15, -0.1) is 0 Å². The molecule has 0 saturated carbocycles. The Balaban J connectivity index is 2.31. The van der Waals surface area contributed by atoms with Gasteiger partial charge in [-0.05, 0) is 26.0 Å². The van der Waals surface area contributed by atoms with Crippen molar-refractivity contribution in [3.8, 4) is 5.75 Å². The number of anilines is 1. The summed E-state index contributed by atoms with van der Waals surface area (Å²) in [7, 11) is 0. The van der Waals surface area contributed by atoms with Crippen molar-refractivity contribution >= 4 is 16.7 Å². The molecule has 1 aromatic carbocycles. The molecule has 0 saturated heterocycles. The summed E-state index contributed by atoms with van der Waals surface area (Å²) in [5.41, 5.74) is 0.785.